The summed E-state index contributed by atoms with van der Waals surface area (Å²) in [7, 11) is 1.69. The average molecular weight is 583 g/mol. The number of Topliss-reactive ketones (excluding diaryl/α,β-unsaturated/α-hetero) is 2. The molecule has 0 unspecified atom stereocenters. The quantitative estimate of drug-likeness (QED) is 0.332. The van der Waals surface area contributed by atoms with E-state index in [1.807, 2.05) is 30.3 Å². The lowest BCUT2D eigenvalue weighted by atomic mass is 9.63. The summed E-state index contributed by atoms with van der Waals surface area (Å²) in [5.74, 6) is 0.378. The van der Waals surface area contributed by atoms with Crippen molar-refractivity contribution in [3.05, 3.63) is 86.2 Å². The highest BCUT2D eigenvalue weighted by Gasteiger charge is 2.49. The number of methoxy groups -OCH3 is 1. The summed E-state index contributed by atoms with van der Waals surface area (Å²) in [5, 5.41) is 0.956. The van der Waals surface area contributed by atoms with E-state index in [1.165, 1.54) is 0 Å². The van der Waals surface area contributed by atoms with E-state index in [0.717, 1.165) is 46.5 Å². The topological polar surface area (TPSA) is 55.8 Å². The number of nitrogens with zero attached hydrogens (tertiary/aromatic N) is 1. The van der Waals surface area contributed by atoms with Gasteiger partial charge in [-0.25, -0.2) is 0 Å². The van der Waals surface area contributed by atoms with Crippen LogP contribution in [0.15, 0.2) is 65.0 Å². The number of rotatable bonds is 7. The molecular formula is C33H37Cl2NO4. The maximum atomic E-state index is 14.0. The van der Waals surface area contributed by atoms with Gasteiger partial charge in [0.15, 0.2) is 11.6 Å². The van der Waals surface area contributed by atoms with Gasteiger partial charge in [-0.3, -0.25) is 9.59 Å². The van der Waals surface area contributed by atoms with Gasteiger partial charge in [-0.15, -0.1) is 0 Å². The Hall–Kier alpha value is -2.60. The van der Waals surface area contributed by atoms with Gasteiger partial charge < -0.3 is 14.4 Å². The number of ether oxygens (including phenoxy) is 2. The van der Waals surface area contributed by atoms with Crippen LogP contribution in [0.1, 0.15) is 70.4 Å². The Balaban J connectivity index is 1.66. The molecule has 0 N–H and O–H groups in total. The molecule has 0 amide bonds. The molecule has 0 spiro atoms. The second-order valence-electron chi connectivity index (χ2n) is 12.8. The Morgan fingerprint density at radius 2 is 1.45 bits per heavy atom. The zero-order valence-corrected chi connectivity index (χ0v) is 25.4. The first-order valence-corrected chi connectivity index (χ1v) is 14.6. The van der Waals surface area contributed by atoms with Crippen LogP contribution in [-0.4, -0.2) is 36.7 Å². The Bertz CT molecular complexity index is 1370. The summed E-state index contributed by atoms with van der Waals surface area (Å²) in [6.07, 6.45) is 2.39. The number of ketones is 2. The van der Waals surface area contributed by atoms with Crippen molar-refractivity contribution in [2.45, 2.75) is 65.9 Å². The van der Waals surface area contributed by atoms with Crippen molar-refractivity contribution in [1.29, 1.82) is 0 Å². The Labute approximate surface area is 247 Å². The molecule has 5 nitrogen and oxygen atoms in total. The molecule has 2 aliphatic carbocycles. The number of halogens is 2. The lowest BCUT2D eigenvalue weighted by Crippen LogP contribution is -2.45. The van der Waals surface area contributed by atoms with Crippen LogP contribution < -0.4 is 4.74 Å². The van der Waals surface area contributed by atoms with Crippen LogP contribution in [0.3, 0.4) is 0 Å². The van der Waals surface area contributed by atoms with Gasteiger partial charge in [-0.05, 0) is 47.4 Å². The highest BCUT2D eigenvalue weighted by molar-refractivity contribution is 6.42. The van der Waals surface area contributed by atoms with Crippen LogP contribution in [0, 0.1) is 10.8 Å². The van der Waals surface area contributed by atoms with Gasteiger partial charge in [0, 0.05) is 60.5 Å². The van der Waals surface area contributed by atoms with Gasteiger partial charge in [0.05, 0.1) is 16.7 Å². The van der Waals surface area contributed by atoms with Gasteiger partial charge in [0.25, 0.3) is 0 Å². The molecule has 7 heteroatoms. The minimum absolute atomic E-state index is 0.0992. The molecule has 0 bridgehead atoms. The van der Waals surface area contributed by atoms with Crippen molar-refractivity contribution in [3.8, 4) is 5.75 Å². The number of benzene rings is 2. The summed E-state index contributed by atoms with van der Waals surface area (Å²) < 4.78 is 11.9. The van der Waals surface area contributed by atoms with E-state index >= 15 is 0 Å². The lowest BCUT2D eigenvalue weighted by molar-refractivity contribution is -0.119. The number of para-hydroxylation sites is 1. The van der Waals surface area contributed by atoms with Crippen LogP contribution in [0.2, 0.25) is 10.0 Å². The van der Waals surface area contributed by atoms with Crippen molar-refractivity contribution >= 4 is 34.8 Å². The summed E-state index contributed by atoms with van der Waals surface area (Å²) in [6.45, 7) is 9.96. The summed E-state index contributed by atoms with van der Waals surface area (Å²) >= 11 is 12.3. The van der Waals surface area contributed by atoms with E-state index in [4.69, 9.17) is 32.7 Å². The van der Waals surface area contributed by atoms with Gasteiger partial charge in [-0.2, -0.15) is 0 Å². The van der Waals surface area contributed by atoms with Crippen molar-refractivity contribution in [2.75, 3.05) is 20.3 Å². The third-order valence-corrected chi connectivity index (χ3v) is 8.89. The van der Waals surface area contributed by atoms with Crippen molar-refractivity contribution < 1.29 is 19.1 Å². The molecule has 0 atom stereocenters. The van der Waals surface area contributed by atoms with E-state index in [1.54, 1.807) is 19.2 Å². The van der Waals surface area contributed by atoms with Crippen LogP contribution in [-0.2, 0) is 20.9 Å². The van der Waals surface area contributed by atoms with Crippen LogP contribution >= 0.6 is 23.2 Å². The third-order valence-electron chi connectivity index (χ3n) is 8.15. The predicted octanol–water partition coefficient (Wildman–Crippen LogP) is 7.90. The Morgan fingerprint density at radius 3 is 2.02 bits per heavy atom. The first-order valence-electron chi connectivity index (χ1n) is 13.9. The van der Waals surface area contributed by atoms with Crippen molar-refractivity contribution in [2.24, 2.45) is 10.8 Å². The molecular weight excluding hydrogens is 545 g/mol. The Kier molecular flexibility index (Phi) is 7.95. The number of carbonyl (C=O) groups is 2. The zero-order valence-electron chi connectivity index (χ0n) is 23.9. The number of hydrogen-bond acceptors (Lipinski definition) is 5. The molecule has 40 heavy (non-hydrogen) atoms. The lowest BCUT2D eigenvalue weighted by Gasteiger charge is -2.49. The molecule has 2 aromatic rings. The monoisotopic (exact) mass is 581 g/mol. The molecule has 0 aromatic heterocycles. The first kappa shape index (κ1) is 28.9. The predicted molar refractivity (Wildman–Crippen MR) is 159 cm³/mol. The minimum Gasteiger partial charge on any atom is -0.489 e. The van der Waals surface area contributed by atoms with E-state index in [0.29, 0.717) is 41.8 Å². The highest BCUT2D eigenvalue weighted by atomic mass is 35.5. The van der Waals surface area contributed by atoms with Crippen molar-refractivity contribution in [1.82, 2.24) is 4.90 Å². The molecule has 212 valence electrons. The smallest absolute Gasteiger partial charge is 0.162 e. The third kappa shape index (κ3) is 5.61. The zero-order chi connectivity index (χ0) is 28.8. The maximum Gasteiger partial charge on any atom is 0.162 e. The van der Waals surface area contributed by atoms with Crippen LogP contribution in [0.4, 0.5) is 0 Å². The summed E-state index contributed by atoms with van der Waals surface area (Å²) in [5.41, 5.74) is 4.86. The standard InChI is InChI=1S/C33H37Cl2NO4/c1-32(2)15-24-30(26(37)17-32)29(31-25(36(24)12-13-39-5)16-33(3,4)18-27(31)38)21-8-6-7-9-28(21)40-19-20-10-11-22(34)23(35)14-20/h6-11,14,29H,12-13,15-19H2,1-5H3. The SMILES string of the molecule is COCCN1C2=C(C(=O)CC(C)(C)C2)C(c2ccccc2OCc2ccc(Cl)c(Cl)c2)C2=C1CC(C)(C)CC2=O. The first-order chi connectivity index (χ1) is 18.9. The molecule has 0 saturated carbocycles. The van der Waals surface area contributed by atoms with Gasteiger partial charge in [0.1, 0.15) is 12.4 Å². The van der Waals surface area contributed by atoms with E-state index in [-0.39, 0.29) is 29.0 Å². The van der Waals surface area contributed by atoms with E-state index < -0.39 is 5.92 Å². The minimum atomic E-state index is -0.471. The molecule has 5 rings (SSSR count). The van der Waals surface area contributed by atoms with Crippen LogP contribution in [0.25, 0.3) is 0 Å². The molecule has 1 aliphatic heterocycles. The average Bonchev–Trinajstić information content (AvgIpc) is 2.86. The fourth-order valence-corrected chi connectivity index (χ4v) is 6.77. The summed E-state index contributed by atoms with van der Waals surface area (Å²) in [4.78, 5) is 30.2. The van der Waals surface area contributed by atoms with Gasteiger partial charge in [-0.1, -0.05) is 75.2 Å². The van der Waals surface area contributed by atoms with E-state index in [2.05, 4.69) is 32.6 Å². The van der Waals surface area contributed by atoms with Gasteiger partial charge in [0.2, 0.25) is 0 Å². The maximum absolute atomic E-state index is 14.0. The molecule has 0 fully saturated rings. The van der Waals surface area contributed by atoms with Crippen molar-refractivity contribution in [3.63, 3.8) is 0 Å². The van der Waals surface area contributed by atoms with Gasteiger partial charge >= 0.3 is 0 Å². The fourth-order valence-electron chi connectivity index (χ4n) is 6.45. The molecule has 0 radical (unpaired) electrons. The molecule has 0 saturated heterocycles. The van der Waals surface area contributed by atoms with E-state index in [9.17, 15) is 9.59 Å². The fraction of sp³-hybridized carbons (Fsp3) is 0.455. The second kappa shape index (κ2) is 11.0. The largest absolute Gasteiger partial charge is 0.489 e. The number of allylic oxidation sites excluding steroid dienone is 4. The highest BCUT2D eigenvalue weighted by Crippen LogP contribution is 2.55. The normalized spacial score (nSPS) is 20.5. The van der Waals surface area contributed by atoms with Crippen LogP contribution in [0.5, 0.6) is 5.75 Å². The molecule has 2 aromatic carbocycles. The molecule has 1 heterocycles. The number of carbonyl (C=O) groups excluding carboxylic acids is 2. The second-order valence-corrected chi connectivity index (χ2v) is 13.6. The molecule has 3 aliphatic rings. The Morgan fingerprint density at radius 1 is 0.850 bits per heavy atom. The number of hydrogen-bond donors (Lipinski definition) is 0. The summed E-state index contributed by atoms with van der Waals surface area (Å²) in [6, 6.07) is 13.2.